The van der Waals surface area contributed by atoms with Crippen LogP contribution in [0, 0.1) is 0 Å². The fourth-order valence-corrected chi connectivity index (χ4v) is 3.78. The fraction of sp³-hybridized carbons (Fsp3) is 0.250. The second-order valence-electron chi connectivity index (χ2n) is 4.71. The summed E-state index contributed by atoms with van der Waals surface area (Å²) in [4.78, 5) is 0. The van der Waals surface area contributed by atoms with Crippen LogP contribution in [0.15, 0.2) is 50.9 Å². The molecule has 2 aromatic heterocycles. The first kappa shape index (κ1) is 13.9. The van der Waals surface area contributed by atoms with Crippen LogP contribution in [-0.4, -0.2) is 6.54 Å². The lowest BCUT2D eigenvalue weighted by Crippen LogP contribution is -2.22. The topological polar surface area (TPSA) is 25.2 Å². The monoisotopic (exact) mass is 349 g/mol. The number of fused-ring (bicyclic) bond motifs is 1. The van der Waals surface area contributed by atoms with Gasteiger partial charge in [0, 0.05) is 4.70 Å². The minimum Gasteiger partial charge on any atom is -0.466 e. The molecule has 0 aliphatic heterocycles. The molecule has 0 bridgehead atoms. The van der Waals surface area contributed by atoms with Gasteiger partial charge in [-0.1, -0.05) is 25.1 Å². The number of halogens is 1. The van der Waals surface area contributed by atoms with Gasteiger partial charge in [-0.05, 0) is 57.4 Å². The quantitative estimate of drug-likeness (QED) is 0.671. The molecule has 2 heterocycles. The Morgan fingerprint density at radius 3 is 2.90 bits per heavy atom. The Balaban J connectivity index is 2.07. The van der Waals surface area contributed by atoms with Gasteiger partial charge >= 0.3 is 0 Å². The van der Waals surface area contributed by atoms with Crippen LogP contribution >= 0.6 is 27.3 Å². The molecule has 20 heavy (non-hydrogen) atoms. The highest BCUT2D eigenvalue weighted by Gasteiger charge is 2.22. The maximum Gasteiger partial charge on any atom is 0.139 e. The number of hydrogen-bond donors (Lipinski definition) is 1. The van der Waals surface area contributed by atoms with Crippen molar-refractivity contribution in [3.8, 4) is 0 Å². The molecule has 104 valence electrons. The van der Waals surface area contributed by atoms with E-state index in [2.05, 4.69) is 57.8 Å². The van der Waals surface area contributed by atoms with Crippen LogP contribution in [0.2, 0.25) is 0 Å². The summed E-state index contributed by atoms with van der Waals surface area (Å²) in [6.07, 6.45) is 2.82. The van der Waals surface area contributed by atoms with E-state index in [4.69, 9.17) is 4.42 Å². The van der Waals surface area contributed by atoms with Gasteiger partial charge in [-0.15, -0.1) is 11.3 Å². The third kappa shape index (κ3) is 2.55. The van der Waals surface area contributed by atoms with Gasteiger partial charge in [0.05, 0.1) is 16.8 Å². The van der Waals surface area contributed by atoms with Gasteiger partial charge in [0.15, 0.2) is 0 Å². The van der Waals surface area contributed by atoms with Crippen molar-refractivity contribution < 1.29 is 4.42 Å². The number of benzene rings is 1. The summed E-state index contributed by atoms with van der Waals surface area (Å²) in [5.74, 6) is 0.946. The van der Waals surface area contributed by atoms with Crippen LogP contribution in [0.1, 0.15) is 30.7 Å². The predicted octanol–water partition coefficient (Wildman–Crippen LogP) is 5.35. The van der Waals surface area contributed by atoms with Crippen LogP contribution in [0.3, 0.4) is 0 Å². The van der Waals surface area contributed by atoms with E-state index in [-0.39, 0.29) is 6.04 Å². The summed E-state index contributed by atoms with van der Waals surface area (Å²) < 4.78 is 8.02. The molecule has 0 amide bonds. The van der Waals surface area contributed by atoms with Crippen molar-refractivity contribution in [2.75, 3.05) is 6.54 Å². The van der Waals surface area contributed by atoms with Crippen molar-refractivity contribution in [3.05, 3.63) is 57.8 Å². The fourth-order valence-electron chi connectivity index (χ4n) is 2.37. The molecule has 3 rings (SSSR count). The van der Waals surface area contributed by atoms with Gasteiger partial charge in [0.2, 0.25) is 0 Å². The Hall–Kier alpha value is -1.10. The minimum atomic E-state index is 0.0930. The summed E-state index contributed by atoms with van der Waals surface area (Å²) in [5, 5.41) is 7.12. The molecule has 2 nitrogen and oxygen atoms in total. The van der Waals surface area contributed by atoms with Crippen molar-refractivity contribution >= 4 is 37.4 Å². The lowest BCUT2D eigenvalue weighted by Gasteiger charge is -2.16. The molecule has 0 saturated heterocycles. The molecule has 0 saturated carbocycles. The SMILES string of the molecule is CCCNC(c1occc1Br)c1csc2ccccc12. The Bertz CT molecular complexity index is 703. The number of rotatable bonds is 5. The lowest BCUT2D eigenvalue weighted by molar-refractivity contribution is 0.446. The molecule has 1 N–H and O–H groups in total. The van der Waals surface area contributed by atoms with E-state index in [1.807, 2.05) is 6.07 Å². The van der Waals surface area contributed by atoms with Crippen LogP contribution < -0.4 is 5.32 Å². The first-order valence-electron chi connectivity index (χ1n) is 6.73. The highest BCUT2D eigenvalue weighted by atomic mass is 79.9. The van der Waals surface area contributed by atoms with Crippen LogP contribution in [-0.2, 0) is 0 Å². The molecule has 1 aromatic carbocycles. The first-order valence-corrected chi connectivity index (χ1v) is 8.41. The molecular formula is C16H16BrNOS. The maximum atomic E-state index is 5.69. The summed E-state index contributed by atoms with van der Waals surface area (Å²) in [7, 11) is 0. The smallest absolute Gasteiger partial charge is 0.139 e. The number of furan rings is 1. The molecule has 0 radical (unpaired) electrons. The molecule has 0 aliphatic rings. The number of thiophene rings is 1. The van der Waals surface area contributed by atoms with E-state index in [1.54, 1.807) is 17.6 Å². The lowest BCUT2D eigenvalue weighted by atomic mass is 10.0. The zero-order valence-corrected chi connectivity index (χ0v) is 13.6. The Labute approximate surface area is 130 Å². The summed E-state index contributed by atoms with van der Waals surface area (Å²) in [6, 6.07) is 10.6. The molecule has 0 aliphatic carbocycles. The average molecular weight is 350 g/mol. The molecule has 0 fully saturated rings. The van der Waals surface area contributed by atoms with Crippen LogP contribution in [0.25, 0.3) is 10.1 Å². The standard InChI is InChI=1S/C16H16BrNOS/c1-2-8-18-15(16-13(17)7-9-19-16)12-10-20-14-6-4-3-5-11(12)14/h3-7,9-10,15,18H,2,8H2,1H3. The first-order chi connectivity index (χ1) is 9.81. The number of nitrogens with one attached hydrogen (secondary N) is 1. The maximum absolute atomic E-state index is 5.69. The van der Waals surface area contributed by atoms with E-state index in [0.29, 0.717) is 0 Å². The Morgan fingerprint density at radius 1 is 1.30 bits per heavy atom. The summed E-state index contributed by atoms with van der Waals surface area (Å²) >= 11 is 5.36. The predicted molar refractivity (Wildman–Crippen MR) is 88.4 cm³/mol. The van der Waals surface area contributed by atoms with Gasteiger partial charge < -0.3 is 9.73 Å². The van der Waals surface area contributed by atoms with E-state index in [0.717, 1.165) is 23.2 Å². The second-order valence-corrected chi connectivity index (χ2v) is 6.47. The van der Waals surface area contributed by atoms with Gasteiger partial charge in [0.1, 0.15) is 5.76 Å². The normalized spacial score (nSPS) is 12.9. The zero-order chi connectivity index (χ0) is 13.9. The van der Waals surface area contributed by atoms with Crippen molar-refractivity contribution in [2.24, 2.45) is 0 Å². The largest absolute Gasteiger partial charge is 0.466 e. The molecular weight excluding hydrogens is 334 g/mol. The van der Waals surface area contributed by atoms with Gasteiger partial charge in [-0.25, -0.2) is 0 Å². The molecule has 1 atom stereocenters. The molecule has 3 aromatic rings. The van der Waals surface area contributed by atoms with Gasteiger partial charge in [-0.3, -0.25) is 0 Å². The molecule has 1 unspecified atom stereocenters. The Kier molecular flexibility index (Phi) is 4.24. The van der Waals surface area contributed by atoms with Gasteiger partial charge in [-0.2, -0.15) is 0 Å². The molecule has 0 spiro atoms. The average Bonchev–Trinajstić information content (AvgIpc) is 3.07. The van der Waals surface area contributed by atoms with Crippen LogP contribution in [0.4, 0.5) is 0 Å². The van der Waals surface area contributed by atoms with Crippen LogP contribution in [0.5, 0.6) is 0 Å². The van der Waals surface area contributed by atoms with E-state index < -0.39 is 0 Å². The third-order valence-corrected chi connectivity index (χ3v) is 4.96. The minimum absolute atomic E-state index is 0.0930. The van der Waals surface area contributed by atoms with E-state index in [1.165, 1.54) is 15.6 Å². The summed E-state index contributed by atoms with van der Waals surface area (Å²) in [5.41, 5.74) is 1.29. The number of hydrogen-bond acceptors (Lipinski definition) is 3. The van der Waals surface area contributed by atoms with Crippen molar-refractivity contribution in [1.29, 1.82) is 0 Å². The third-order valence-electron chi connectivity index (χ3n) is 3.33. The van der Waals surface area contributed by atoms with E-state index >= 15 is 0 Å². The van der Waals surface area contributed by atoms with Crippen molar-refractivity contribution in [2.45, 2.75) is 19.4 Å². The highest BCUT2D eigenvalue weighted by molar-refractivity contribution is 9.10. The summed E-state index contributed by atoms with van der Waals surface area (Å²) in [6.45, 7) is 3.13. The van der Waals surface area contributed by atoms with Gasteiger partial charge in [0.25, 0.3) is 0 Å². The van der Waals surface area contributed by atoms with Crippen molar-refractivity contribution in [1.82, 2.24) is 5.32 Å². The highest BCUT2D eigenvalue weighted by Crippen LogP contribution is 2.36. The van der Waals surface area contributed by atoms with E-state index in [9.17, 15) is 0 Å². The molecule has 4 heteroatoms. The zero-order valence-electron chi connectivity index (χ0n) is 11.2. The van der Waals surface area contributed by atoms with Crippen molar-refractivity contribution in [3.63, 3.8) is 0 Å². The Morgan fingerprint density at radius 2 is 2.15 bits per heavy atom. The second kappa shape index (κ2) is 6.12.